The summed E-state index contributed by atoms with van der Waals surface area (Å²) in [5.74, 6) is -0.965. The normalized spacial score (nSPS) is 19.2. The molecule has 2 N–H and O–H groups in total. The molecule has 1 heterocycles. The number of carbonyl (C=O) groups excluding carboxylic acids is 3. The Balaban J connectivity index is 1.49. The summed E-state index contributed by atoms with van der Waals surface area (Å²) >= 11 is 0. The minimum atomic E-state index is -0.802. The predicted molar refractivity (Wildman–Crippen MR) is 89.2 cm³/mol. The van der Waals surface area contributed by atoms with Crippen LogP contribution in [0, 0.1) is 5.82 Å². The summed E-state index contributed by atoms with van der Waals surface area (Å²) in [5.41, 5.74) is 0.0989. The first-order valence-electron chi connectivity index (χ1n) is 8.65. The second kappa shape index (κ2) is 7.21. The van der Waals surface area contributed by atoms with Gasteiger partial charge in [-0.05, 0) is 37.0 Å². The average molecular weight is 347 g/mol. The van der Waals surface area contributed by atoms with E-state index in [4.69, 9.17) is 0 Å². The smallest absolute Gasteiger partial charge is 0.325 e. The fourth-order valence-electron chi connectivity index (χ4n) is 3.51. The molecule has 1 aromatic carbocycles. The zero-order valence-corrected chi connectivity index (χ0v) is 14.0. The van der Waals surface area contributed by atoms with Gasteiger partial charge in [-0.3, -0.25) is 14.5 Å². The molecule has 0 unspecified atom stereocenters. The van der Waals surface area contributed by atoms with Gasteiger partial charge in [0.2, 0.25) is 5.91 Å². The molecular weight excluding hydrogens is 325 g/mol. The van der Waals surface area contributed by atoms with E-state index in [0.717, 1.165) is 29.7 Å². The molecule has 3 rings (SSSR count). The number of hydrogen-bond acceptors (Lipinski definition) is 3. The fourth-order valence-corrected chi connectivity index (χ4v) is 3.51. The first kappa shape index (κ1) is 17.4. The Morgan fingerprint density at radius 2 is 1.84 bits per heavy atom. The molecule has 2 aliphatic rings. The highest BCUT2D eigenvalue weighted by molar-refractivity contribution is 6.09. The van der Waals surface area contributed by atoms with Gasteiger partial charge >= 0.3 is 6.03 Å². The van der Waals surface area contributed by atoms with E-state index in [-0.39, 0.29) is 24.2 Å². The number of benzene rings is 1. The number of urea groups is 1. The van der Waals surface area contributed by atoms with Crippen LogP contribution in [0.5, 0.6) is 0 Å². The maximum absolute atomic E-state index is 12.8. The molecule has 6 nitrogen and oxygen atoms in total. The molecule has 134 valence electrons. The van der Waals surface area contributed by atoms with E-state index in [1.807, 2.05) is 0 Å². The van der Waals surface area contributed by atoms with Gasteiger partial charge in [-0.1, -0.05) is 31.4 Å². The molecular formula is C18H22FN3O3. The summed E-state index contributed by atoms with van der Waals surface area (Å²) in [6.45, 7) is 0.0924. The highest BCUT2D eigenvalue weighted by atomic mass is 19.1. The van der Waals surface area contributed by atoms with Crippen LogP contribution in [0.1, 0.15) is 37.7 Å². The molecule has 7 heteroatoms. The Labute approximate surface area is 145 Å². The van der Waals surface area contributed by atoms with Crippen LogP contribution in [0.2, 0.25) is 0 Å². The van der Waals surface area contributed by atoms with Gasteiger partial charge in [0, 0.05) is 6.54 Å². The summed E-state index contributed by atoms with van der Waals surface area (Å²) in [6, 6.07) is 5.57. The van der Waals surface area contributed by atoms with Crippen LogP contribution in [0.4, 0.5) is 9.18 Å². The molecule has 1 saturated heterocycles. The van der Waals surface area contributed by atoms with Gasteiger partial charge in [0.1, 0.15) is 17.9 Å². The van der Waals surface area contributed by atoms with Gasteiger partial charge in [-0.15, -0.1) is 0 Å². The lowest BCUT2D eigenvalue weighted by Crippen LogP contribution is -2.49. The largest absolute Gasteiger partial charge is 0.354 e. The van der Waals surface area contributed by atoms with E-state index in [1.54, 1.807) is 12.1 Å². The molecule has 0 atom stereocenters. The molecule has 1 aliphatic carbocycles. The van der Waals surface area contributed by atoms with Crippen molar-refractivity contribution in [2.75, 3.05) is 13.1 Å². The Hall–Kier alpha value is -2.44. The fraction of sp³-hybridized carbons (Fsp3) is 0.500. The van der Waals surface area contributed by atoms with E-state index in [1.165, 1.54) is 12.1 Å². The van der Waals surface area contributed by atoms with Crippen LogP contribution < -0.4 is 10.6 Å². The van der Waals surface area contributed by atoms with Crippen LogP contribution in [-0.4, -0.2) is 41.4 Å². The number of nitrogens with one attached hydrogen (secondary N) is 2. The van der Waals surface area contributed by atoms with Crippen LogP contribution in [-0.2, 0) is 16.0 Å². The van der Waals surface area contributed by atoms with Crippen molar-refractivity contribution in [3.8, 4) is 0 Å². The summed E-state index contributed by atoms with van der Waals surface area (Å²) in [5, 5.41) is 5.48. The van der Waals surface area contributed by atoms with Crippen molar-refractivity contribution >= 4 is 17.8 Å². The van der Waals surface area contributed by atoms with Gasteiger partial charge in [-0.2, -0.15) is 0 Å². The zero-order chi connectivity index (χ0) is 17.9. The minimum absolute atomic E-state index is 0.268. The minimum Gasteiger partial charge on any atom is -0.354 e. The lowest BCUT2D eigenvalue weighted by Gasteiger charge is -2.30. The third-order valence-corrected chi connectivity index (χ3v) is 4.90. The highest BCUT2D eigenvalue weighted by Gasteiger charge is 2.51. The van der Waals surface area contributed by atoms with Crippen molar-refractivity contribution in [3.05, 3.63) is 35.6 Å². The Kier molecular flexibility index (Phi) is 5.01. The second-order valence-electron chi connectivity index (χ2n) is 6.69. The van der Waals surface area contributed by atoms with Crippen molar-refractivity contribution in [2.45, 2.75) is 44.1 Å². The van der Waals surface area contributed by atoms with Crippen molar-refractivity contribution in [1.29, 1.82) is 0 Å². The molecule has 1 aromatic rings. The Morgan fingerprint density at radius 1 is 1.16 bits per heavy atom. The highest BCUT2D eigenvalue weighted by Crippen LogP contribution is 2.33. The number of imide groups is 1. The van der Waals surface area contributed by atoms with Crippen molar-refractivity contribution in [3.63, 3.8) is 0 Å². The maximum Gasteiger partial charge on any atom is 0.325 e. The number of amides is 4. The first-order valence-corrected chi connectivity index (χ1v) is 8.65. The van der Waals surface area contributed by atoms with Gasteiger partial charge in [-0.25, -0.2) is 9.18 Å². The van der Waals surface area contributed by atoms with Gasteiger partial charge in [0.15, 0.2) is 0 Å². The van der Waals surface area contributed by atoms with Crippen LogP contribution >= 0.6 is 0 Å². The molecule has 2 fully saturated rings. The van der Waals surface area contributed by atoms with Crippen molar-refractivity contribution in [1.82, 2.24) is 15.5 Å². The number of nitrogens with zero attached hydrogens (tertiary/aromatic N) is 1. The number of rotatable bonds is 5. The van der Waals surface area contributed by atoms with Crippen LogP contribution in [0.3, 0.4) is 0 Å². The summed E-state index contributed by atoms with van der Waals surface area (Å²) in [4.78, 5) is 37.8. The average Bonchev–Trinajstić information content (AvgIpc) is 2.81. The number of hydrogen-bond donors (Lipinski definition) is 2. The Morgan fingerprint density at radius 3 is 2.52 bits per heavy atom. The maximum atomic E-state index is 12.8. The topological polar surface area (TPSA) is 78.5 Å². The third kappa shape index (κ3) is 3.81. The molecule has 1 spiro atoms. The zero-order valence-electron chi connectivity index (χ0n) is 14.0. The first-order chi connectivity index (χ1) is 12.0. The van der Waals surface area contributed by atoms with Gasteiger partial charge in [0.05, 0.1) is 0 Å². The van der Waals surface area contributed by atoms with Crippen LogP contribution in [0.25, 0.3) is 0 Å². The van der Waals surface area contributed by atoms with Crippen molar-refractivity contribution < 1.29 is 18.8 Å². The third-order valence-electron chi connectivity index (χ3n) is 4.90. The lowest BCUT2D eigenvalue weighted by molar-refractivity contribution is -0.135. The van der Waals surface area contributed by atoms with Crippen LogP contribution in [0.15, 0.2) is 24.3 Å². The molecule has 4 amide bonds. The Bertz CT molecular complexity index is 669. The molecule has 0 bridgehead atoms. The monoisotopic (exact) mass is 347 g/mol. The molecule has 0 aromatic heterocycles. The van der Waals surface area contributed by atoms with Gasteiger partial charge < -0.3 is 10.6 Å². The quantitative estimate of drug-likeness (QED) is 0.797. The number of halogens is 1. The van der Waals surface area contributed by atoms with E-state index in [0.29, 0.717) is 25.8 Å². The lowest BCUT2D eigenvalue weighted by atomic mass is 9.82. The molecule has 1 aliphatic heterocycles. The van der Waals surface area contributed by atoms with E-state index < -0.39 is 11.6 Å². The number of carbonyl (C=O) groups is 3. The SMILES string of the molecule is O=C(CN1C(=O)NC2(CCCCC2)C1=O)NCCc1ccc(F)cc1. The van der Waals surface area contributed by atoms with E-state index in [9.17, 15) is 18.8 Å². The molecule has 25 heavy (non-hydrogen) atoms. The summed E-state index contributed by atoms with van der Waals surface area (Å²) < 4.78 is 12.8. The standard InChI is InChI=1S/C18H22FN3O3/c19-14-6-4-13(5-7-14)8-11-20-15(23)12-22-16(24)18(21-17(22)25)9-2-1-3-10-18/h4-7H,1-3,8-12H2,(H,20,23)(H,21,25). The summed E-state index contributed by atoms with van der Waals surface area (Å²) in [7, 11) is 0. The molecule has 0 radical (unpaired) electrons. The van der Waals surface area contributed by atoms with Crippen molar-refractivity contribution in [2.24, 2.45) is 0 Å². The van der Waals surface area contributed by atoms with E-state index in [2.05, 4.69) is 10.6 Å². The molecule has 1 saturated carbocycles. The summed E-state index contributed by atoms with van der Waals surface area (Å²) in [6.07, 6.45) is 4.71. The van der Waals surface area contributed by atoms with Gasteiger partial charge in [0.25, 0.3) is 5.91 Å². The van der Waals surface area contributed by atoms with E-state index >= 15 is 0 Å². The predicted octanol–water partition coefficient (Wildman–Crippen LogP) is 1.74. The second-order valence-corrected chi connectivity index (χ2v) is 6.69.